The monoisotopic (exact) mass is 277 g/mol. The molecule has 1 atom stereocenters. The predicted octanol–water partition coefficient (Wildman–Crippen LogP) is 2.66. The van der Waals surface area contributed by atoms with E-state index in [1.165, 1.54) is 12.8 Å². The summed E-state index contributed by atoms with van der Waals surface area (Å²) in [6.07, 6.45) is 5.60. The molecular formula is C16H27N3O. The third-order valence-electron chi connectivity index (χ3n) is 4.75. The number of anilines is 1. The lowest BCUT2D eigenvalue weighted by molar-refractivity contribution is -0.0266. The number of aliphatic hydroxyl groups is 1. The van der Waals surface area contributed by atoms with Gasteiger partial charge in [-0.2, -0.15) is 0 Å². The average molecular weight is 277 g/mol. The summed E-state index contributed by atoms with van der Waals surface area (Å²) in [7, 11) is 0. The molecule has 2 rings (SSSR count). The van der Waals surface area contributed by atoms with Gasteiger partial charge in [0.25, 0.3) is 0 Å². The topological polar surface area (TPSA) is 62.4 Å². The van der Waals surface area contributed by atoms with Crippen molar-refractivity contribution < 1.29 is 5.11 Å². The summed E-state index contributed by atoms with van der Waals surface area (Å²) in [5.41, 5.74) is 7.67. The van der Waals surface area contributed by atoms with Crippen LogP contribution in [-0.2, 0) is 0 Å². The number of hydrogen-bond donors (Lipinski definition) is 2. The van der Waals surface area contributed by atoms with Gasteiger partial charge in [0.05, 0.1) is 5.54 Å². The van der Waals surface area contributed by atoms with E-state index < -0.39 is 6.10 Å². The Labute approximate surface area is 122 Å². The number of aromatic nitrogens is 1. The average Bonchev–Trinajstić information content (AvgIpc) is 2.93. The fourth-order valence-corrected chi connectivity index (χ4v) is 3.71. The van der Waals surface area contributed by atoms with Crippen molar-refractivity contribution in [3.8, 4) is 0 Å². The summed E-state index contributed by atoms with van der Waals surface area (Å²) < 4.78 is 0. The molecule has 0 saturated heterocycles. The normalized spacial score (nSPS) is 19.4. The lowest BCUT2D eigenvalue weighted by Gasteiger charge is -2.44. The number of aliphatic hydroxyl groups excluding tert-OH is 1. The van der Waals surface area contributed by atoms with E-state index in [0.29, 0.717) is 5.82 Å². The zero-order valence-corrected chi connectivity index (χ0v) is 12.9. The van der Waals surface area contributed by atoms with Crippen molar-refractivity contribution in [2.24, 2.45) is 0 Å². The molecule has 0 aliphatic heterocycles. The molecule has 1 aromatic rings. The van der Waals surface area contributed by atoms with Crippen LogP contribution in [-0.4, -0.2) is 33.6 Å². The fraction of sp³-hybridized carbons (Fsp3) is 0.688. The highest BCUT2D eigenvalue weighted by Crippen LogP contribution is 2.45. The standard InChI is InChI=1S/C16H27N3O/c1-4-19(5-2)16(8-6-7-9-16)14(20)13-10-12(3)11-18-15(13)17/h10-11,14,20H,4-9H2,1-3H3,(H2,17,18). The van der Waals surface area contributed by atoms with Crippen LogP contribution in [0.15, 0.2) is 12.3 Å². The van der Waals surface area contributed by atoms with Crippen LogP contribution in [0.4, 0.5) is 5.82 Å². The molecule has 0 amide bonds. The highest BCUT2D eigenvalue weighted by Gasteiger charge is 2.45. The van der Waals surface area contributed by atoms with Crippen molar-refractivity contribution in [1.82, 2.24) is 9.88 Å². The lowest BCUT2D eigenvalue weighted by atomic mass is 9.83. The SMILES string of the molecule is CCN(CC)C1(C(O)c2cc(C)cnc2N)CCCC1. The second kappa shape index (κ2) is 6.10. The maximum absolute atomic E-state index is 11.0. The van der Waals surface area contributed by atoms with Gasteiger partial charge in [0, 0.05) is 11.8 Å². The second-order valence-corrected chi connectivity index (χ2v) is 5.87. The molecule has 1 saturated carbocycles. The molecule has 20 heavy (non-hydrogen) atoms. The number of aryl methyl sites for hydroxylation is 1. The third-order valence-corrected chi connectivity index (χ3v) is 4.75. The van der Waals surface area contributed by atoms with Gasteiger partial charge in [0.15, 0.2) is 0 Å². The largest absolute Gasteiger partial charge is 0.386 e. The van der Waals surface area contributed by atoms with E-state index in [0.717, 1.165) is 37.1 Å². The first-order chi connectivity index (χ1) is 9.55. The van der Waals surface area contributed by atoms with Crippen LogP contribution in [0.25, 0.3) is 0 Å². The van der Waals surface area contributed by atoms with Gasteiger partial charge in [-0.15, -0.1) is 0 Å². The Morgan fingerprint density at radius 3 is 2.50 bits per heavy atom. The highest BCUT2D eigenvalue weighted by atomic mass is 16.3. The molecule has 112 valence electrons. The van der Waals surface area contributed by atoms with Gasteiger partial charge >= 0.3 is 0 Å². The van der Waals surface area contributed by atoms with Crippen molar-refractivity contribution in [3.63, 3.8) is 0 Å². The van der Waals surface area contributed by atoms with Crippen molar-refractivity contribution in [2.45, 2.75) is 58.1 Å². The maximum atomic E-state index is 11.0. The van der Waals surface area contributed by atoms with Gasteiger partial charge in [-0.05, 0) is 44.5 Å². The van der Waals surface area contributed by atoms with E-state index in [9.17, 15) is 5.11 Å². The minimum absolute atomic E-state index is 0.174. The van der Waals surface area contributed by atoms with Gasteiger partial charge in [-0.3, -0.25) is 4.90 Å². The second-order valence-electron chi connectivity index (χ2n) is 5.87. The van der Waals surface area contributed by atoms with Crippen LogP contribution < -0.4 is 5.73 Å². The summed E-state index contributed by atoms with van der Waals surface area (Å²) in [5, 5.41) is 11.0. The molecule has 1 heterocycles. The summed E-state index contributed by atoms with van der Waals surface area (Å²) >= 11 is 0. The zero-order chi connectivity index (χ0) is 14.8. The summed E-state index contributed by atoms with van der Waals surface area (Å²) in [4.78, 5) is 6.61. The van der Waals surface area contributed by atoms with E-state index in [-0.39, 0.29) is 5.54 Å². The third kappa shape index (κ3) is 2.54. The Kier molecular flexibility index (Phi) is 4.66. The molecule has 0 aromatic carbocycles. The number of nitrogens with two attached hydrogens (primary N) is 1. The number of hydrogen-bond acceptors (Lipinski definition) is 4. The van der Waals surface area contributed by atoms with E-state index in [4.69, 9.17) is 5.73 Å². The van der Waals surface area contributed by atoms with E-state index in [1.807, 2.05) is 13.0 Å². The number of likely N-dealkylation sites (N-methyl/N-ethyl adjacent to an activating group) is 1. The number of rotatable bonds is 5. The molecule has 3 N–H and O–H groups in total. The fourth-order valence-electron chi connectivity index (χ4n) is 3.71. The Balaban J connectivity index is 2.41. The summed E-state index contributed by atoms with van der Waals surface area (Å²) in [6, 6.07) is 1.98. The van der Waals surface area contributed by atoms with Gasteiger partial charge < -0.3 is 10.8 Å². The van der Waals surface area contributed by atoms with Gasteiger partial charge in [-0.1, -0.05) is 26.7 Å². The van der Waals surface area contributed by atoms with Crippen molar-refractivity contribution in [3.05, 3.63) is 23.4 Å². The predicted molar refractivity (Wildman–Crippen MR) is 82.5 cm³/mol. The molecule has 0 bridgehead atoms. The first-order valence-electron chi connectivity index (χ1n) is 7.70. The molecule has 1 aliphatic carbocycles. The van der Waals surface area contributed by atoms with Crippen LogP contribution in [0.5, 0.6) is 0 Å². The van der Waals surface area contributed by atoms with Crippen molar-refractivity contribution in [2.75, 3.05) is 18.8 Å². The molecule has 1 fully saturated rings. The minimum atomic E-state index is -0.558. The Morgan fingerprint density at radius 2 is 1.95 bits per heavy atom. The van der Waals surface area contributed by atoms with Crippen LogP contribution in [0.3, 0.4) is 0 Å². The molecule has 4 heteroatoms. The first kappa shape index (κ1) is 15.3. The Morgan fingerprint density at radius 1 is 1.35 bits per heavy atom. The van der Waals surface area contributed by atoms with Crippen LogP contribution in [0, 0.1) is 6.92 Å². The Bertz CT molecular complexity index is 451. The van der Waals surface area contributed by atoms with Crippen molar-refractivity contribution in [1.29, 1.82) is 0 Å². The summed E-state index contributed by atoms with van der Waals surface area (Å²) in [5.74, 6) is 0.460. The maximum Gasteiger partial charge on any atom is 0.129 e. The molecule has 1 unspecified atom stereocenters. The van der Waals surface area contributed by atoms with Gasteiger partial charge in [0.1, 0.15) is 11.9 Å². The van der Waals surface area contributed by atoms with Gasteiger partial charge in [-0.25, -0.2) is 4.98 Å². The lowest BCUT2D eigenvalue weighted by Crippen LogP contribution is -2.51. The molecule has 1 aromatic heterocycles. The van der Waals surface area contributed by atoms with Crippen LogP contribution in [0.1, 0.15) is 56.8 Å². The minimum Gasteiger partial charge on any atom is -0.386 e. The molecule has 4 nitrogen and oxygen atoms in total. The van der Waals surface area contributed by atoms with E-state index >= 15 is 0 Å². The van der Waals surface area contributed by atoms with Crippen LogP contribution in [0.2, 0.25) is 0 Å². The van der Waals surface area contributed by atoms with Crippen LogP contribution >= 0.6 is 0 Å². The number of nitrogens with zero attached hydrogens (tertiary/aromatic N) is 2. The number of pyridine rings is 1. The summed E-state index contributed by atoms with van der Waals surface area (Å²) in [6.45, 7) is 8.21. The molecule has 0 radical (unpaired) electrons. The quantitative estimate of drug-likeness (QED) is 0.868. The van der Waals surface area contributed by atoms with E-state index in [2.05, 4.69) is 23.7 Å². The highest BCUT2D eigenvalue weighted by molar-refractivity contribution is 5.44. The molecule has 0 spiro atoms. The number of nitrogen functional groups attached to an aromatic ring is 1. The zero-order valence-electron chi connectivity index (χ0n) is 12.9. The smallest absolute Gasteiger partial charge is 0.129 e. The molecule has 1 aliphatic rings. The van der Waals surface area contributed by atoms with Gasteiger partial charge in [0.2, 0.25) is 0 Å². The Hall–Kier alpha value is -1.13. The van der Waals surface area contributed by atoms with Crippen molar-refractivity contribution >= 4 is 5.82 Å². The van der Waals surface area contributed by atoms with E-state index in [1.54, 1.807) is 6.20 Å². The molecular weight excluding hydrogens is 250 g/mol. The first-order valence-corrected chi connectivity index (χ1v) is 7.70.